The van der Waals surface area contributed by atoms with Gasteiger partial charge in [-0.05, 0) is 12.3 Å². The van der Waals surface area contributed by atoms with Crippen molar-refractivity contribution in [1.82, 2.24) is 10.2 Å². The summed E-state index contributed by atoms with van der Waals surface area (Å²) < 4.78 is 0. The van der Waals surface area contributed by atoms with Crippen LogP contribution < -0.4 is 5.32 Å². The van der Waals surface area contributed by atoms with E-state index in [0.717, 1.165) is 4.90 Å². The molecular formula is C11H16N2O3. The summed E-state index contributed by atoms with van der Waals surface area (Å²) in [6.45, 7) is 7.12. The number of barbiturate groups is 1. The van der Waals surface area contributed by atoms with Crippen LogP contribution in [-0.2, 0) is 9.59 Å². The monoisotopic (exact) mass is 224 g/mol. The first-order valence-corrected chi connectivity index (χ1v) is 5.12. The van der Waals surface area contributed by atoms with Gasteiger partial charge in [0, 0.05) is 7.05 Å². The van der Waals surface area contributed by atoms with Crippen molar-refractivity contribution < 1.29 is 14.4 Å². The molecule has 0 radical (unpaired) electrons. The summed E-state index contributed by atoms with van der Waals surface area (Å²) in [6.07, 6.45) is 1.76. The molecule has 0 aromatic rings. The van der Waals surface area contributed by atoms with Gasteiger partial charge < -0.3 is 0 Å². The summed E-state index contributed by atoms with van der Waals surface area (Å²) in [5, 5.41) is 2.20. The SMILES string of the molecule is C=CCC1(C(C)C)C(=O)NC(=O)N(C)C1=O. The Labute approximate surface area is 94.5 Å². The van der Waals surface area contributed by atoms with Crippen LogP contribution in [0.15, 0.2) is 12.7 Å². The van der Waals surface area contributed by atoms with Crippen molar-refractivity contribution in [3.05, 3.63) is 12.7 Å². The first-order valence-electron chi connectivity index (χ1n) is 5.12. The number of amides is 4. The third kappa shape index (κ3) is 1.52. The van der Waals surface area contributed by atoms with Gasteiger partial charge in [-0.1, -0.05) is 19.9 Å². The molecule has 1 fully saturated rings. The van der Waals surface area contributed by atoms with Gasteiger partial charge in [0.25, 0.3) is 0 Å². The molecule has 0 spiro atoms. The second kappa shape index (κ2) is 4.08. The molecule has 1 unspecified atom stereocenters. The standard InChI is InChI=1S/C11H16N2O3/c1-5-6-11(7(2)3)8(14)12-10(16)13(4)9(11)15/h5,7H,1,6H2,2-4H3,(H,12,14,16). The molecule has 1 aliphatic heterocycles. The van der Waals surface area contributed by atoms with Crippen molar-refractivity contribution in [2.45, 2.75) is 20.3 Å². The Morgan fingerprint density at radius 2 is 2.00 bits per heavy atom. The van der Waals surface area contributed by atoms with E-state index in [9.17, 15) is 14.4 Å². The predicted octanol–water partition coefficient (Wildman–Crippen LogP) is 0.913. The zero-order valence-electron chi connectivity index (χ0n) is 9.74. The smallest absolute Gasteiger partial charge is 0.277 e. The first kappa shape index (κ1) is 12.4. The summed E-state index contributed by atoms with van der Waals surface area (Å²) in [5.74, 6) is -1.19. The fourth-order valence-electron chi connectivity index (χ4n) is 1.93. The van der Waals surface area contributed by atoms with Crippen LogP contribution in [0.2, 0.25) is 0 Å². The van der Waals surface area contributed by atoms with E-state index in [2.05, 4.69) is 11.9 Å². The summed E-state index contributed by atoms with van der Waals surface area (Å²) in [5.41, 5.74) is -1.20. The minimum Gasteiger partial charge on any atom is -0.277 e. The number of rotatable bonds is 3. The Bertz CT molecular complexity index is 362. The lowest BCUT2D eigenvalue weighted by Crippen LogP contribution is -2.64. The normalized spacial score (nSPS) is 26.0. The number of hydrogen-bond acceptors (Lipinski definition) is 3. The fraction of sp³-hybridized carbons (Fsp3) is 0.545. The maximum Gasteiger partial charge on any atom is 0.330 e. The Kier molecular flexibility index (Phi) is 3.16. The van der Waals surface area contributed by atoms with Crippen molar-refractivity contribution >= 4 is 17.8 Å². The second-order valence-corrected chi connectivity index (χ2v) is 4.24. The molecular weight excluding hydrogens is 208 g/mol. The van der Waals surface area contributed by atoms with E-state index in [-0.39, 0.29) is 12.3 Å². The molecule has 88 valence electrons. The van der Waals surface area contributed by atoms with Crippen LogP contribution in [0.3, 0.4) is 0 Å². The summed E-state index contributed by atoms with van der Waals surface area (Å²) in [4.78, 5) is 36.2. The number of allylic oxidation sites excluding steroid dienone is 1. The van der Waals surface area contributed by atoms with Crippen molar-refractivity contribution in [2.24, 2.45) is 11.3 Å². The molecule has 0 bridgehead atoms. The topological polar surface area (TPSA) is 66.5 Å². The van der Waals surface area contributed by atoms with Crippen LogP contribution >= 0.6 is 0 Å². The van der Waals surface area contributed by atoms with Crippen LogP contribution in [0.4, 0.5) is 4.79 Å². The van der Waals surface area contributed by atoms with E-state index in [1.54, 1.807) is 13.8 Å². The van der Waals surface area contributed by atoms with Crippen molar-refractivity contribution in [3.63, 3.8) is 0 Å². The van der Waals surface area contributed by atoms with Crippen LogP contribution in [0, 0.1) is 11.3 Å². The molecule has 1 aliphatic rings. The molecule has 0 aliphatic carbocycles. The Balaban J connectivity index is 3.25. The zero-order chi connectivity index (χ0) is 12.5. The molecule has 5 nitrogen and oxygen atoms in total. The third-order valence-electron chi connectivity index (χ3n) is 3.07. The molecule has 5 heteroatoms. The van der Waals surface area contributed by atoms with E-state index in [1.807, 2.05) is 0 Å². The molecule has 16 heavy (non-hydrogen) atoms. The lowest BCUT2D eigenvalue weighted by atomic mass is 9.71. The van der Waals surface area contributed by atoms with Crippen molar-refractivity contribution in [2.75, 3.05) is 7.05 Å². The lowest BCUT2D eigenvalue weighted by molar-refractivity contribution is -0.153. The molecule has 1 saturated heterocycles. The molecule has 1 atom stereocenters. The van der Waals surface area contributed by atoms with E-state index >= 15 is 0 Å². The minimum absolute atomic E-state index is 0.200. The van der Waals surface area contributed by atoms with Gasteiger partial charge in [-0.15, -0.1) is 6.58 Å². The van der Waals surface area contributed by atoms with Gasteiger partial charge in [0.1, 0.15) is 5.41 Å². The van der Waals surface area contributed by atoms with Crippen molar-refractivity contribution in [1.29, 1.82) is 0 Å². The average Bonchev–Trinajstić information content (AvgIpc) is 2.21. The van der Waals surface area contributed by atoms with E-state index in [0.29, 0.717) is 0 Å². The first-order chi connectivity index (χ1) is 7.37. The molecule has 1 N–H and O–H groups in total. The van der Waals surface area contributed by atoms with E-state index in [4.69, 9.17) is 0 Å². The highest BCUT2D eigenvalue weighted by Crippen LogP contribution is 2.36. The van der Waals surface area contributed by atoms with Gasteiger partial charge in [-0.25, -0.2) is 4.79 Å². The van der Waals surface area contributed by atoms with Crippen LogP contribution in [0.5, 0.6) is 0 Å². The fourth-order valence-corrected chi connectivity index (χ4v) is 1.93. The average molecular weight is 224 g/mol. The number of hydrogen-bond donors (Lipinski definition) is 1. The summed E-state index contributed by atoms with van der Waals surface area (Å²) in [7, 11) is 1.37. The quantitative estimate of drug-likeness (QED) is 0.572. The number of imide groups is 2. The number of carbonyl (C=O) groups is 3. The van der Waals surface area contributed by atoms with Gasteiger partial charge in [0.05, 0.1) is 0 Å². The molecule has 1 rings (SSSR count). The number of carbonyl (C=O) groups excluding carboxylic acids is 3. The number of nitrogens with one attached hydrogen (secondary N) is 1. The van der Waals surface area contributed by atoms with Gasteiger partial charge >= 0.3 is 6.03 Å². The number of nitrogens with zero attached hydrogens (tertiary/aromatic N) is 1. The maximum atomic E-state index is 12.1. The predicted molar refractivity (Wildman–Crippen MR) is 58.4 cm³/mol. The van der Waals surface area contributed by atoms with Gasteiger partial charge in [-0.2, -0.15) is 0 Å². The van der Waals surface area contributed by atoms with Gasteiger partial charge in [0.2, 0.25) is 11.8 Å². The lowest BCUT2D eigenvalue weighted by Gasteiger charge is -2.39. The Hall–Kier alpha value is -1.65. The molecule has 1 heterocycles. The Morgan fingerprint density at radius 1 is 1.44 bits per heavy atom. The number of urea groups is 1. The van der Waals surface area contributed by atoms with Crippen LogP contribution in [0.25, 0.3) is 0 Å². The highest BCUT2D eigenvalue weighted by molar-refractivity contribution is 6.19. The maximum absolute atomic E-state index is 12.1. The molecule has 0 saturated carbocycles. The second-order valence-electron chi connectivity index (χ2n) is 4.24. The van der Waals surface area contributed by atoms with Gasteiger partial charge in [0.15, 0.2) is 0 Å². The Morgan fingerprint density at radius 3 is 2.44 bits per heavy atom. The summed E-state index contributed by atoms with van der Waals surface area (Å²) >= 11 is 0. The zero-order valence-corrected chi connectivity index (χ0v) is 9.74. The highest BCUT2D eigenvalue weighted by atomic mass is 16.2. The van der Waals surface area contributed by atoms with Crippen molar-refractivity contribution in [3.8, 4) is 0 Å². The molecule has 0 aromatic carbocycles. The largest absolute Gasteiger partial charge is 0.330 e. The molecule has 0 aromatic heterocycles. The van der Waals surface area contributed by atoms with Crippen LogP contribution in [0.1, 0.15) is 20.3 Å². The summed E-state index contributed by atoms with van der Waals surface area (Å²) in [6, 6.07) is -0.671. The minimum atomic E-state index is -1.20. The highest BCUT2D eigenvalue weighted by Gasteiger charge is 2.53. The van der Waals surface area contributed by atoms with Gasteiger partial charge in [-0.3, -0.25) is 19.8 Å². The van der Waals surface area contributed by atoms with E-state index < -0.39 is 23.3 Å². The van der Waals surface area contributed by atoms with E-state index in [1.165, 1.54) is 13.1 Å². The van der Waals surface area contributed by atoms with Crippen LogP contribution in [-0.4, -0.2) is 29.8 Å². The third-order valence-corrected chi connectivity index (χ3v) is 3.07. The molecule has 4 amide bonds.